The lowest BCUT2D eigenvalue weighted by Gasteiger charge is -2.31. The molecule has 0 saturated heterocycles. The quantitative estimate of drug-likeness (QED) is 0.474. The van der Waals surface area contributed by atoms with E-state index in [2.05, 4.69) is 46.9 Å². The molecule has 0 spiro atoms. The Balaban J connectivity index is 1.16. The molecule has 6 rings (SSSR count). The van der Waals surface area contributed by atoms with Crippen LogP contribution in [-0.4, -0.2) is 23.0 Å². The van der Waals surface area contributed by atoms with Crippen LogP contribution in [-0.2, 0) is 9.59 Å². The molecule has 0 aromatic heterocycles. The first kappa shape index (κ1) is 24.3. The third-order valence-corrected chi connectivity index (χ3v) is 11.1. The van der Waals surface area contributed by atoms with E-state index in [4.69, 9.17) is 9.98 Å². The van der Waals surface area contributed by atoms with E-state index in [-0.39, 0.29) is 45.1 Å². The van der Waals surface area contributed by atoms with Gasteiger partial charge >= 0.3 is 0 Å². The molecule has 4 atom stereocenters. The maximum Gasteiger partial charge on any atom is 0.183 e. The van der Waals surface area contributed by atoms with Crippen molar-refractivity contribution in [2.75, 3.05) is 5.32 Å². The second-order valence-corrected chi connectivity index (χ2v) is 13.2. The number of aliphatic imine (C=N–C) groups is 2. The van der Waals surface area contributed by atoms with Crippen molar-refractivity contribution < 1.29 is 9.59 Å². The van der Waals surface area contributed by atoms with E-state index in [1.807, 2.05) is 48.5 Å². The molecule has 37 heavy (non-hydrogen) atoms. The van der Waals surface area contributed by atoms with Crippen LogP contribution in [0.1, 0.15) is 67.2 Å². The van der Waals surface area contributed by atoms with E-state index in [1.54, 1.807) is 0 Å². The van der Waals surface area contributed by atoms with Gasteiger partial charge in [0.1, 0.15) is 0 Å². The van der Waals surface area contributed by atoms with Crippen molar-refractivity contribution >= 4 is 45.7 Å². The molecule has 2 aromatic rings. The fourth-order valence-corrected chi connectivity index (χ4v) is 7.59. The van der Waals surface area contributed by atoms with Gasteiger partial charge in [0.15, 0.2) is 11.6 Å². The molecule has 2 aromatic carbocycles. The number of anilines is 2. The Labute approximate surface area is 219 Å². The van der Waals surface area contributed by atoms with Crippen molar-refractivity contribution in [1.29, 1.82) is 0 Å². The van der Waals surface area contributed by atoms with Crippen LogP contribution in [0.15, 0.2) is 58.5 Å². The highest BCUT2D eigenvalue weighted by molar-refractivity contribution is 6.46. The number of hydrogen-bond acceptors (Lipinski definition) is 5. The minimum absolute atomic E-state index is 0.0276. The van der Waals surface area contributed by atoms with Gasteiger partial charge in [-0.2, -0.15) is 0 Å². The molecule has 0 amide bonds. The highest BCUT2D eigenvalue weighted by atomic mass is 16.1. The number of carbonyl (C=O) groups excluding carboxylic acids is 2. The molecule has 5 nitrogen and oxygen atoms in total. The number of nitrogens with one attached hydrogen (secondary N) is 1. The van der Waals surface area contributed by atoms with E-state index in [9.17, 15) is 9.59 Å². The lowest BCUT2D eigenvalue weighted by atomic mass is 9.70. The van der Waals surface area contributed by atoms with Crippen LogP contribution in [0, 0.1) is 33.5 Å². The normalized spacial score (nSPS) is 35.2. The number of rotatable bonds is 4. The zero-order chi connectivity index (χ0) is 26.4. The predicted molar refractivity (Wildman–Crippen MR) is 150 cm³/mol. The first-order valence-corrected chi connectivity index (χ1v) is 13.6. The molecule has 4 bridgehead atoms. The summed E-state index contributed by atoms with van der Waals surface area (Å²) in [5.74, 6) is 0.941. The van der Waals surface area contributed by atoms with Crippen molar-refractivity contribution in [3.63, 3.8) is 0 Å². The zero-order valence-electron chi connectivity index (χ0n) is 22.8. The number of carbonyl (C=O) groups is 2. The summed E-state index contributed by atoms with van der Waals surface area (Å²) >= 11 is 0. The van der Waals surface area contributed by atoms with Crippen LogP contribution in [0.25, 0.3) is 0 Å². The summed E-state index contributed by atoms with van der Waals surface area (Å²) in [6, 6.07) is 15.8. The first-order valence-electron chi connectivity index (χ1n) is 13.6. The second kappa shape index (κ2) is 7.72. The summed E-state index contributed by atoms with van der Waals surface area (Å²) in [5, 5.41) is 3.42. The molecule has 4 fully saturated rings. The van der Waals surface area contributed by atoms with E-state index >= 15 is 0 Å². The number of fused-ring (bicyclic) bond motifs is 4. The monoisotopic (exact) mass is 495 g/mol. The van der Waals surface area contributed by atoms with Crippen LogP contribution in [0.5, 0.6) is 0 Å². The number of benzene rings is 2. The highest BCUT2D eigenvalue weighted by Crippen LogP contribution is 2.63. The fourth-order valence-electron chi connectivity index (χ4n) is 7.59. The molecule has 0 aliphatic heterocycles. The molecule has 0 radical (unpaired) electrons. The summed E-state index contributed by atoms with van der Waals surface area (Å²) < 4.78 is 0. The summed E-state index contributed by atoms with van der Waals surface area (Å²) in [7, 11) is 0. The number of Topliss-reactive ketones (excluding diaryl/α,β-unsaturated/α-hetero) is 2. The summed E-state index contributed by atoms with van der Waals surface area (Å²) in [6.45, 7) is 13.1. The molecule has 4 unspecified atom stereocenters. The molecule has 4 saturated carbocycles. The maximum absolute atomic E-state index is 13.1. The molecule has 4 aliphatic rings. The second-order valence-electron chi connectivity index (χ2n) is 13.2. The Morgan fingerprint density at radius 1 is 0.622 bits per heavy atom. The van der Waals surface area contributed by atoms with Crippen LogP contribution in [0.2, 0.25) is 0 Å². The van der Waals surface area contributed by atoms with Gasteiger partial charge in [0, 0.05) is 34.0 Å². The van der Waals surface area contributed by atoms with Gasteiger partial charge in [-0.05, 0) is 85.0 Å². The molecule has 192 valence electrons. The Morgan fingerprint density at radius 2 is 0.973 bits per heavy atom. The minimum atomic E-state index is -0.284. The van der Waals surface area contributed by atoms with Crippen molar-refractivity contribution in [3.8, 4) is 0 Å². The molecule has 1 N–H and O–H groups in total. The van der Waals surface area contributed by atoms with Gasteiger partial charge in [0.2, 0.25) is 0 Å². The van der Waals surface area contributed by atoms with Gasteiger partial charge in [-0.3, -0.25) is 9.59 Å². The number of ketones is 2. The number of nitrogens with zero attached hydrogens (tertiary/aromatic N) is 2. The van der Waals surface area contributed by atoms with Gasteiger partial charge in [0.05, 0.1) is 22.8 Å². The fraction of sp³-hybridized carbons (Fsp3) is 0.500. The lowest BCUT2D eigenvalue weighted by molar-refractivity contribution is -0.124. The van der Waals surface area contributed by atoms with Crippen molar-refractivity contribution in [2.24, 2.45) is 43.5 Å². The van der Waals surface area contributed by atoms with Gasteiger partial charge in [-0.15, -0.1) is 0 Å². The Kier molecular flexibility index (Phi) is 5.06. The standard InChI is InChI=1S/C32H37N3O2/c1-29(2)23-15-17-31(29,5)27(36)25(23)34-21-11-7-19(8-12-21)33-20-9-13-22(14-10-20)35-26-24-16-18-32(6,28(26)37)30(24,3)4/h7-14,23-24,33H,15-18H2,1-6H3. The van der Waals surface area contributed by atoms with Gasteiger partial charge in [0.25, 0.3) is 0 Å². The molecular weight excluding hydrogens is 458 g/mol. The van der Waals surface area contributed by atoms with E-state index in [0.717, 1.165) is 59.9 Å². The first-order chi connectivity index (χ1) is 17.4. The third-order valence-electron chi connectivity index (χ3n) is 11.1. The predicted octanol–water partition coefficient (Wildman–Crippen LogP) is 7.63. The van der Waals surface area contributed by atoms with Gasteiger partial charge < -0.3 is 5.32 Å². The van der Waals surface area contributed by atoms with E-state index in [0.29, 0.717) is 0 Å². The van der Waals surface area contributed by atoms with Crippen molar-refractivity contribution in [3.05, 3.63) is 48.5 Å². The van der Waals surface area contributed by atoms with Crippen LogP contribution in [0.3, 0.4) is 0 Å². The molecular formula is C32H37N3O2. The average Bonchev–Trinajstić information content (AvgIpc) is 3.34. The lowest BCUT2D eigenvalue weighted by Crippen LogP contribution is -2.33. The Bertz CT molecular complexity index is 1260. The summed E-state index contributed by atoms with van der Waals surface area (Å²) in [6.07, 6.45) is 4.01. The number of hydrogen-bond donors (Lipinski definition) is 1. The summed E-state index contributed by atoms with van der Waals surface area (Å²) in [5.41, 5.74) is 4.42. The van der Waals surface area contributed by atoms with Crippen LogP contribution in [0.4, 0.5) is 22.7 Å². The van der Waals surface area contributed by atoms with Crippen molar-refractivity contribution in [2.45, 2.75) is 67.2 Å². The zero-order valence-corrected chi connectivity index (χ0v) is 22.8. The molecule has 0 heterocycles. The summed E-state index contributed by atoms with van der Waals surface area (Å²) in [4.78, 5) is 35.8. The van der Waals surface area contributed by atoms with E-state index < -0.39 is 0 Å². The van der Waals surface area contributed by atoms with E-state index in [1.165, 1.54) is 0 Å². The van der Waals surface area contributed by atoms with Gasteiger partial charge in [-0.1, -0.05) is 41.5 Å². The smallest absolute Gasteiger partial charge is 0.183 e. The molecule has 5 heteroatoms. The van der Waals surface area contributed by atoms with Gasteiger partial charge in [-0.25, -0.2) is 9.98 Å². The van der Waals surface area contributed by atoms with Crippen LogP contribution >= 0.6 is 0 Å². The highest BCUT2D eigenvalue weighted by Gasteiger charge is 2.66. The Hall–Kier alpha value is -3.08. The topological polar surface area (TPSA) is 70.9 Å². The maximum atomic E-state index is 13.1. The largest absolute Gasteiger partial charge is 0.356 e. The molecule has 4 aliphatic carbocycles. The minimum Gasteiger partial charge on any atom is -0.356 e. The third kappa shape index (κ3) is 3.22. The van der Waals surface area contributed by atoms with Crippen molar-refractivity contribution in [1.82, 2.24) is 0 Å². The Morgan fingerprint density at radius 3 is 1.27 bits per heavy atom. The SMILES string of the molecule is CC12CCC(C(=Nc3ccc(Nc4ccc(N=C5C(=O)C6(C)CCC5C6(C)C)cc4)cc3)C1=O)C2(C)C. The average molecular weight is 496 g/mol. The van der Waals surface area contributed by atoms with Crippen LogP contribution < -0.4 is 5.32 Å².